The van der Waals surface area contributed by atoms with Gasteiger partial charge in [-0.15, -0.1) is 0 Å². The topological polar surface area (TPSA) is 184 Å². The van der Waals surface area contributed by atoms with Gasteiger partial charge in [0.25, 0.3) is 0 Å². The van der Waals surface area contributed by atoms with E-state index in [1.165, 1.54) is 0 Å². The van der Waals surface area contributed by atoms with Gasteiger partial charge in [0.1, 0.15) is 5.60 Å². The van der Waals surface area contributed by atoms with Crippen LogP contribution in [-0.2, 0) is 36.6 Å². The highest BCUT2D eigenvalue weighted by molar-refractivity contribution is 5.74. The van der Waals surface area contributed by atoms with E-state index < -0.39 is 35.8 Å². The fourth-order valence-corrected chi connectivity index (χ4v) is 5.64. The number of esters is 2. The fraction of sp³-hybridized carbons (Fsp3) is 0.326. The molecule has 3 N–H and O–H groups in total. The van der Waals surface area contributed by atoms with Gasteiger partial charge in [-0.1, -0.05) is 119 Å². The molecule has 0 saturated heterocycles. The van der Waals surface area contributed by atoms with Gasteiger partial charge in [0, 0.05) is 12.1 Å². The van der Waals surface area contributed by atoms with Crippen molar-refractivity contribution in [3.05, 3.63) is 120 Å². The van der Waals surface area contributed by atoms with E-state index in [1.807, 2.05) is 97.1 Å². The Morgan fingerprint density at radius 1 is 0.614 bits per heavy atom. The van der Waals surface area contributed by atoms with Crippen molar-refractivity contribution in [1.29, 1.82) is 0 Å². The molecule has 2 amide bonds. The lowest BCUT2D eigenvalue weighted by atomic mass is 9.99. The summed E-state index contributed by atoms with van der Waals surface area (Å²) in [5, 5.41) is 18.1. The summed E-state index contributed by atoms with van der Waals surface area (Å²) < 4.78 is 20.3. The molecule has 0 aliphatic rings. The van der Waals surface area contributed by atoms with Crippen LogP contribution in [0, 0.1) is 0 Å². The van der Waals surface area contributed by atoms with Crippen molar-refractivity contribution in [2.75, 3.05) is 13.2 Å². The average Bonchev–Trinajstić information content (AvgIpc) is 3.68. The molecule has 4 aromatic carbocycles. The third-order valence-corrected chi connectivity index (χ3v) is 8.08. The van der Waals surface area contributed by atoms with Crippen LogP contribution in [-0.4, -0.2) is 75.6 Å². The van der Waals surface area contributed by atoms with Crippen molar-refractivity contribution in [3.63, 3.8) is 0 Å². The third kappa shape index (κ3) is 16.0. The number of amides is 2. The molecule has 0 aliphatic heterocycles. The molecule has 0 radical (unpaired) electrons. The lowest BCUT2D eigenvalue weighted by Gasteiger charge is -2.23. The van der Waals surface area contributed by atoms with Gasteiger partial charge in [0.15, 0.2) is 0 Å². The highest BCUT2D eigenvalue weighted by Crippen LogP contribution is 2.22. The zero-order valence-electron chi connectivity index (χ0n) is 32.9. The Hall–Kier alpha value is -6.57. The van der Waals surface area contributed by atoms with Crippen molar-refractivity contribution < 1.29 is 38.1 Å². The number of nitrogens with one attached hydrogen (secondary N) is 3. The molecule has 5 rings (SSSR count). The quantitative estimate of drug-likeness (QED) is 0.0718. The maximum Gasteiger partial charge on any atom is 0.415 e. The molecule has 0 bridgehead atoms. The number of alkyl carbamates (subject to hydrolysis) is 1. The number of ether oxygens (including phenoxy) is 4. The molecule has 1 aromatic heterocycles. The van der Waals surface area contributed by atoms with Gasteiger partial charge < -0.3 is 29.6 Å². The average molecular weight is 779 g/mol. The third-order valence-electron chi connectivity index (χ3n) is 8.08. The molecule has 14 heteroatoms. The van der Waals surface area contributed by atoms with Crippen LogP contribution >= 0.6 is 0 Å². The van der Waals surface area contributed by atoms with E-state index in [2.05, 4.69) is 43.4 Å². The molecule has 57 heavy (non-hydrogen) atoms. The SMILES string of the molecule is CCOC(=O)C[C@@H](Cc1ccc(-c2ccccc2)cc1)NC(=O)OC(C)(C)C.CCOC(=O)C[C@@H](Cc1ccc(-c2ccccc2)cc1)NC(=O)Oc1nn[nH]n1. The minimum atomic E-state index is -0.776. The van der Waals surface area contributed by atoms with E-state index in [0.717, 1.165) is 33.4 Å². The minimum Gasteiger partial charge on any atom is -0.466 e. The lowest BCUT2D eigenvalue weighted by Crippen LogP contribution is -2.41. The van der Waals surface area contributed by atoms with E-state index >= 15 is 0 Å². The number of aromatic amines is 1. The van der Waals surface area contributed by atoms with Crippen LogP contribution in [0.3, 0.4) is 0 Å². The highest BCUT2D eigenvalue weighted by atomic mass is 16.6. The van der Waals surface area contributed by atoms with E-state index in [4.69, 9.17) is 18.9 Å². The zero-order chi connectivity index (χ0) is 41.0. The molecule has 0 saturated carbocycles. The van der Waals surface area contributed by atoms with Crippen molar-refractivity contribution in [3.8, 4) is 28.3 Å². The Kier molecular flexibility index (Phi) is 16.7. The molecule has 1 heterocycles. The summed E-state index contributed by atoms with van der Waals surface area (Å²) in [6.07, 6.45) is -0.282. The summed E-state index contributed by atoms with van der Waals surface area (Å²) in [6.45, 7) is 9.47. The van der Waals surface area contributed by atoms with Gasteiger partial charge in [-0.2, -0.15) is 5.21 Å². The summed E-state index contributed by atoms with van der Waals surface area (Å²) in [4.78, 5) is 48.1. The normalized spacial score (nSPS) is 11.8. The minimum absolute atomic E-state index is 0.00954. The van der Waals surface area contributed by atoms with Crippen LogP contribution in [0.2, 0.25) is 0 Å². The maximum absolute atomic E-state index is 12.2. The van der Waals surface area contributed by atoms with E-state index in [9.17, 15) is 19.2 Å². The van der Waals surface area contributed by atoms with E-state index in [0.29, 0.717) is 19.4 Å². The van der Waals surface area contributed by atoms with Gasteiger partial charge >= 0.3 is 30.1 Å². The van der Waals surface area contributed by atoms with Gasteiger partial charge in [-0.05, 0) is 86.1 Å². The van der Waals surface area contributed by atoms with Crippen molar-refractivity contribution in [1.82, 2.24) is 31.3 Å². The summed E-state index contributed by atoms with van der Waals surface area (Å²) in [5.74, 6) is -0.747. The number of hydrogen-bond acceptors (Lipinski definition) is 11. The van der Waals surface area contributed by atoms with Crippen molar-refractivity contribution >= 4 is 24.1 Å². The number of carbonyl (C=O) groups is 4. The van der Waals surface area contributed by atoms with Crippen LogP contribution in [0.4, 0.5) is 9.59 Å². The number of H-pyrrole nitrogens is 1. The molecule has 5 aromatic rings. The van der Waals surface area contributed by atoms with Crippen LogP contribution in [0.1, 0.15) is 58.6 Å². The van der Waals surface area contributed by atoms with E-state index in [-0.39, 0.29) is 31.4 Å². The monoisotopic (exact) mass is 778 g/mol. The Morgan fingerprint density at radius 2 is 1.04 bits per heavy atom. The number of aromatic nitrogens is 4. The second-order valence-corrected chi connectivity index (χ2v) is 13.8. The molecular formula is C43H50N6O8. The van der Waals surface area contributed by atoms with E-state index in [1.54, 1.807) is 34.6 Å². The number of hydrogen-bond donors (Lipinski definition) is 3. The van der Waals surface area contributed by atoms with Crippen LogP contribution in [0.15, 0.2) is 109 Å². The predicted molar refractivity (Wildman–Crippen MR) is 214 cm³/mol. The Labute approximate surface area is 332 Å². The summed E-state index contributed by atoms with van der Waals surface area (Å²) >= 11 is 0. The van der Waals surface area contributed by atoms with Crippen molar-refractivity contribution in [2.24, 2.45) is 0 Å². The zero-order valence-corrected chi connectivity index (χ0v) is 32.9. The summed E-state index contributed by atoms with van der Waals surface area (Å²) in [5.41, 5.74) is 5.83. The first-order valence-electron chi connectivity index (χ1n) is 18.7. The number of tetrazole rings is 1. The number of carbonyl (C=O) groups excluding carboxylic acids is 4. The summed E-state index contributed by atoms with van der Waals surface area (Å²) in [6, 6.07) is 35.0. The Bertz CT molecular complexity index is 1970. The fourth-order valence-electron chi connectivity index (χ4n) is 5.64. The first-order chi connectivity index (χ1) is 27.4. The van der Waals surface area contributed by atoms with Crippen LogP contribution < -0.4 is 15.4 Å². The van der Waals surface area contributed by atoms with Gasteiger partial charge in [-0.25, -0.2) is 9.59 Å². The molecule has 14 nitrogen and oxygen atoms in total. The molecule has 0 unspecified atom stereocenters. The Balaban J connectivity index is 0.000000253. The largest absolute Gasteiger partial charge is 0.466 e. The maximum atomic E-state index is 12.2. The first kappa shape index (κ1) is 43.2. The molecular weight excluding hydrogens is 729 g/mol. The molecule has 0 aliphatic carbocycles. The second-order valence-electron chi connectivity index (χ2n) is 13.8. The number of nitrogens with zero attached hydrogens (tertiary/aromatic N) is 3. The molecule has 0 spiro atoms. The van der Waals surface area contributed by atoms with Gasteiger partial charge in [-0.3, -0.25) is 9.59 Å². The standard InChI is InChI=1S/C23H29NO4.C20H21N5O4/c1-5-27-21(25)16-20(24-22(26)28-23(2,3)4)15-17-11-13-19(14-12-17)18-9-7-6-8-10-18;1-2-28-18(26)13-17(21-20(27)29-19-22-24-25-23-19)12-14-8-10-16(11-9-14)15-6-4-3-5-7-15/h6-14,20H,5,15-16H2,1-4H3,(H,24,26);3-11,17H,2,12-13H2,1H3,(H,21,27)(H,22,23,24,25)/t20-;17-/m11/s1. The van der Waals surface area contributed by atoms with Crippen LogP contribution in [0.5, 0.6) is 6.01 Å². The number of benzene rings is 4. The smallest absolute Gasteiger partial charge is 0.415 e. The van der Waals surface area contributed by atoms with Gasteiger partial charge in [0.2, 0.25) is 0 Å². The van der Waals surface area contributed by atoms with Crippen molar-refractivity contribution in [2.45, 2.75) is 78.0 Å². The molecule has 0 fully saturated rings. The number of rotatable bonds is 15. The Morgan fingerprint density at radius 3 is 1.42 bits per heavy atom. The molecule has 2 atom stereocenters. The second kappa shape index (κ2) is 22.1. The van der Waals surface area contributed by atoms with Crippen LogP contribution in [0.25, 0.3) is 22.3 Å². The van der Waals surface area contributed by atoms with Gasteiger partial charge in [0.05, 0.1) is 26.1 Å². The first-order valence-corrected chi connectivity index (χ1v) is 18.7. The molecule has 300 valence electrons. The highest BCUT2D eigenvalue weighted by Gasteiger charge is 2.23. The lowest BCUT2D eigenvalue weighted by molar-refractivity contribution is -0.144. The summed E-state index contributed by atoms with van der Waals surface area (Å²) in [7, 11) is 0. The predicted octanol–water partition coefficient (Wildman–Crippen LogP) is 7.26.